The van der Waals surface area contributed by atoms with E-state index in [2.05, 4.69) is 11.9 Å². The van der Waals surface area contributed by atoms with Crippen molar-refractivity contribution in [2.75, 3.05) is 0 Å². The number of phenolic OH excluding ortho intramolecular Hbond substituents is 1. The van der Waals surface area contributed by atoms with Gasteiger partial charge in [-0.25, -0.2) is 4.98 Å². The van der Waals surface area contributed by atoms with Crippen LogP contribution in [0.4, 0.5) is 0 Å². The fraction of sp³-hybridized carbons (Fsp3) is 0.500. The number of benzene rings is 1. The predicted molar refractivity (Wildman–Crippen MR) is 95.1 cm³/mol. The molecule has 0 saturated heterocycles. The largest absolute Gasteiger partial charge is 0.506 e. The number of hydrogen-bond acceptors (Lipinski definition) is 3. The van der Waals surface area contributed by atoms with Crippen molar-refractivity contribution in [3.63, 3.8) is 0 Å². The average Bonchev–Trinajstić information content (AvgIpc) is 2.54. The topological polar surface area (TPSA) is 50.2 Å². The highest BCUT2D eigenvalue weighted by Gasteiger charge is 2.13. The molecule has 0 unspecified atom stereocenters. The summed E-state index contributed by atoms with van der Waals surface area (Å²) >= 11 is 0. The van der Waals surface area contributed by atoms with Crippen LogP contribution in [-0.2, 0) is 0 Å². The van der Waals surface area contributed by atoms with E-state index in [0.717, 1.165) is 23.9 Å². The van der Waals surface area contributed by atoms with Crippen LogP contribution < -0.4 is 0 Å². The maximum Gasteiger partial charge on any atom is 0.163 e. The van der Waals surface area contributed by atoms with E-state index in [4.69, 9.17) is 0 Å². The van der Waals surface area contributed by atoms with Gasteiger partial charge in [0.25, 0.3) is 0 Å². The van der Waals surface area contributed by atoms with Crippen molar-refractivity contribution in [2.24, 2.45) is 0 Å². The fourth-order valence-corrected chi connectivity index (χ4v) is 2.92. The first-order valence-corrected chi connectivity index (χ1v) is 8.76. The quantitative estimate of drug-likeness (QED) is 0.486. The van der Waals surface area contributed by atoms with Crippen LogP contribution in [0.1, 0.15) is 74.3 Å². The molecule has 0 aliphatic rings. The SMILES string of the molecule is CCCCCCCCCC(=O)c1ccc(O)c2nc(C)ccc12. The molecule has 0 aliphatic heterocycles. The molecule has 0 bridgehead atoms. The zero-order chi connectivity index (χ0) is 16.7. The Morgan fingerprint density at radius 1 is 1.00 bits per heavy atom. The van der Waals surface area contributed by atoms with Crippen LogP contribution in [0, 0.1) is 6.92 Å². The first kappa shape index (κ1) is 17.5. The number of rotatable bonds is 9. The van der Waals surface area contributed by atoms with Gasteiger partial charge in [0.15, 0.2) is 5.78 Å². The number of carbonyl (C=O) groups excluding carboxylic acids is 1. The van der Waals surface area contributed by atoms with E-state index < -0.39 is 0 Å². The summed E-state index contributed by atoms with van der Waals surface area (Å²) in [4.78, 5) is 16.8. The Morgan fingerprint density at radius 3 is 2.43 bits per heavy atom. The first-order chi connectivity index (χ1) is 11.1. The van der Waals surface area contributed by atoms with E-state index in [-0.39, 0.29) is 11.5 Å². The zero-order valence-electron chi connectivity index (χ0n) is 14.3. The van der Waals surface area contributed by atoms with E-state index in [1.807, 2.05) is 19.1 Å². The van der Waals surface area contributed by atoms with Gasteiger partial charge in [0.1, 0.15) is 11.3 Å². The van der Waals surface area contributed by atoms with Gasteiger partial charge in [-0.2, -0.15) is 0 Å². The van der Waals surface area contributed by atoms with Gasteiger partial charge in [0.05, 0.1) is 0 Å². The van der Waals surface area contributed by atoms with Gasteiger partial charge in [0, 0.05) is 23.1 Å². The van der Waals surface area contributed by atoms with Gasteiger partial charge in [-0.15, -0.1) is 0 Å². The number of Topliss-reactive ketones (excluding diaryl/α,β-unsaturated/α-hetero) is 1. The van der Waals surface area contributed by atoms with Crippen molar-refractivity contribution < 1.29 is 9.90 Å². The Bertz CT molecular complexity index is 664. The summed E-state index contributed by atoms with van der Waals surface area (Å²) in [5, 5.41) is 10.7. The van der Waals surface area contributed by atoms with Gasteiger partial charge in [-0.05, 0) is 31.5 Å². The second kappa shape index (κ2) is 8.66. The molecule has 0 radical (unpaired) electrons. The highest BCUT2D eigenvalue weighted by Crippen LogP contribution is 2.27. The van der Waals surface area contributed by atoms with Crippen LogP contribution in [0.25, 0.3) is 10.9 Å². The number of aromatic nitrogens is 1. The molecule has 2 aromatic rings. The minimum atomic E-state index is 0.135. The smallest absolute Gasteiger partial charge is 0.163 e. The number of hydrogen-bond donors (Lipinski definition) is 1. The molecule has 23 heavy (non-hydrogen) atoms. The summed E-state index contributed by atoms with van der Waals surface area (Å²) in [6.07, 6.45) is 8.98. The number of pyridine rings is 1. The van der Waals surface area contributed by atoms with E-state index in [0.29, 0.717) is 17.5 Å². The third-order valence-electron chi connectivity index (χ3n) is 4.28. The molecule has 0 fully saturated rings. The maximum absolute atomic E-state index is 12.5. The molecule has 0 atom stereocenters. The minimum Gasteiger partial charge on any atom is -0.506 e. The number of fused-ring (bicyclic) bond motifs is 1. The van der Waals surface area contributed by atoms with Crippen LogP contribution >= 0.6 is 0 Å². The average molecular weight is 313 g/mol. The second-order valence-electron chi connectivity index (χ2n) is 6.28. The van der Waals surface area contributed by atoms with Crippen LogP contribution in [0.15, 0.2) is 24.3 Å². The predicted octanol–water partition coefficient (Wildman–Crippen LogP) is 5.57. The number of unbranched alkanes of at least 4 members (excludes halogenated alkanes) is 6. The molecule has 2 rings (SSSR count). The molecule has 1 heterocycles. The van der Waals surface area contributed by atoms with E-state index in [1.54, 1.807) is 12.1 Å². The molecule has 0 aliphatic carbocycles. The Hall–Kier alpha value is -1.90. The standard InChI is InChI=1S/C20H27NO2/c1-3-4-5-6-7-8-9-10-18(22)16-13-14-19(23)20-17(16)12-11-15(2)21-20/h11-14,23H,3-10H2,1-2H3. The molecule has 0 spiro atoms. The second-order valence-corrected chi connectivity index (χ2v) is 6.28. The monoisotopic (exact) mass is 313 g/mol. The molecule has 1 N–H and O–H groups in total. The van der Waals surface area contributed by atoms with Crippen LogP contribution in [0.2, 0.25) is 0 Å². The summed E-state index contributed by atoms with van der Waals surface area (Å²) < 4.78 is 0. The van der Waals surface area contributed by atoms with Crippen LogP contribution in [0.5, 0.6) is 5.75 Å². The van der Waals surface area contributed by atoms with E-state index >= 15 is 0 Å². The molecule has 0 amide bonds. The van der Waals surface area contributed by atoms with Crippen molar-refractivity contribution in [1.29, 1.82) is 0 Å². The Kier molecular flexibility index (Phi) is 6.57. The van der Waals surface area contributed by atoms with Crippen molar-refractivity contribution in [2.45, 2.75) is 65.2 Å². The van der Waals surface area contributed by atoms with Gasteiger partial charge in [0.2, 0.25) is 0 Å². The number of nitrogens with zero attached hydrogens (tertiary/aromatic N) is 1. The van der Waals surface area contributed by atoms with Gasteiger partial charge in [-0.3, -0.25) is 4.79 Å². The summed E-state index contributed by atoms with van der Waals surface area (Å²) in [6, 6.07) is 7.06. The summed E-state index contributed by atoms with van der Waals surface area (Å²) in [5.41, 5.74) is 2.04. The zero-order valence-corrected chi connectivity index (χ0v) is 14.3. The molecule has 3 nitrogen and oxygen atoms in total. The Morgan fingerprint density at radius 2 is 1.70 bits per heavy atom. The molecule has 0 saturated carbocycles. The van der Waals surface area contributed by atoms with Gasteiger partial charge in [-0.1, -0.05) is 51.5 Å². The van der Waals surface area contributed by atoms with Crippen molar-refractivity contribution in [3.05, 3.63) is 35.5 Å². The molecular formula is C20H27NO2. The Labute approximate surface area is 138 Å². The third kappa shape index (κ3) is 4.78. The number of carbonyl (C=O) groups is 1. The number of phenols is 1. The molecule has 1 aromatic heterocycles. The number of ketones is 1. The Balaban J connectivity index is 1.95. The van der Waals surface area contributed by atoms with Gasteiger partial charge < -0.3 is 5.11 Å². The highest BCUT2D eigenvalue weighted by atomic mass is 16.3. The fourth-order valence-electron chi connectivity index (χ4n) is 2.92. The third-order valence-corrected chi connectivity index (χ3v) is 4.28. The summed E-state index contributed by atoms with van der Waals surface area (Å²) in [6.45, 7) is 4.10. The lowest BCUT2D eigenvalue weighted by molar-refractivity contribution is 0.0980. The molecule has 3 heteroatoms. The van der Waals surface area contributed by atoms with Crippen molar-refractivity contribution >= 4 is 16.7 Å². The molecular weight excluding hydrogens is 286 g/mol. The maximum atomic E-state index is 12.5. The number of aromatic hydroxyl groups is 1. The van der Waals surface area contributed by atoms with Crippen molar-refractivity contribution in [3.8, 4) is 5.75 Å². The summed E-state index contributed by atoms with van der Waals surface area (Å²) in [5.74, 6) is 0.283. The number of aryl methyl sites for hydroxylation is 1. The molecule has 1 aromatic carbocycles. The highest BCUT2D eigenvalue weighted by molar-refractivity contribution is 6.08. The van der Waals surface area contributed by atoms with Crippen molar-refractivity contribution in [1.82, 2.24) is 4.98 Å². The lowest BCUT2D eigenvalue weighted by atomic mass is 9.99. The molecule has 124 valence electrons. The lowest BCUT2D eigenvalue weighted by Gasteiger charge is -2.08. The lowest BCUT2D eigenvalue weighted by Crippen LogP contribution is -2.01. The minimum absolute atomic E-state index is 0.135. The summed E-state index contributed by atoms with van der Waals surface area (Å²) in [7, 11) is 0. The van der Waals surface area contributed by atoms with E-state index in [9.17, 15) is 9.90 Å². The van der Waals surface area contributed by atoms with E-state index in [1.165, 1.54) is 32.1 Å². The van der Waals surface area contributed by atoms with Crippen LogP contribution in [0.3, 0.4) is 0 Å². The first-order valence-electron chi connectivity index (χ1n) is 8.76. The van der Waals surface area contributed by atoms with Crippen LogP contribution in [-0.4, -0.2) is 15.9 Å². The normalized spacial score (nSPS) is 11.0. The van der Waals surface area contributed by atoms with Gasteiger partial charge >= 0.3 is 0 Å².